The van der Waals surface area contributed by atoms with E-state index in [1.165, 1.54) is 35.0 Å². The Labute approximate surface area is 419 Å². The number of phenolic OH excluding ortho intramolecular Hbond substituents is 1. The number of hydrogen-bond acceptors (Lipinski definition) is 18. The molecule has 4 aliphatic rings. The second-order valence-electron chi connectivity index (χ2n) is 18.5. The van der Waals surface area contributed by atoms with Crippen molar-refractivity contribution < 1.29 is 34.1 Å². The topological polar surface area (TPSA) is 293 Å². The van der Waals surface area contributed by atoms with E-state index in [0.717, 1.165) is 37.8 Å². The number of hydrogen-bond donors (Lipinski definition) is 5. The minimum atomic E-state index is -1.22. The molecule has 2 atom stereocenters. The van der Waals surface area contributed by atoms with Crippen LogP contribution in [0.4, 0.5) is 23.5 Å². The molecule has 5 aromatic rings. The highest BCUT2D eigenvalue weighted by atomic mass is 16.4. The number of carbonyl (C=O) groups is 3. The number of aromatic nitrogens is 9. The molecule has 3 aromatic heterocycles. The number of carboxylic acid groups (broad SMARTS) is 1. The fourth-order valence-electron chi connectivity index (χ4n) is 9.32. The molecule has 1 unspecified atom stereocenters. The summed E-state index contributed by atoms with van der Waals surface area (Å²) in [6.45, 7) is 7.40. The number of rotatable bonds is 19. The molecule has 6 heterocycles. The van der Waals surface area contributed by atoms with Gasteiger partial charge in [-0.05, 0) is 87.5 Å². The number of aliphatic hydroxyl groups is 1. The Morgan fingerprint density at radius 1 is 0.808 bits per heavy atom. The number of aromatic carboxylic acids is 1. The van der Waals surface area contributed by atoms with Gasteiger partial charge in [-0.2, -0.15) is 15.0 Å². The van der Waals surface area contributed by atoms with E-state index in [1.807, 2.05) is 20.9 Å². The van der Waals surface area contributed by atoms with Crippen molar-refractivity contribution in [3.63, 3.8) is 0 Å². The van der Waals surface area contributed by atoms with E-state index < -0.39 is 18.1 Å². The number of phenols is 1. The molecule has 73 heavy (non-hydrogen) atoms. The normalized spacial score (nSPS) is 15.0. The number of carboxylic acids is 1. The van der Waals surface area contributed by atoms with Gasteiger partial charge in [0.15, 0.2) is 5.43 Å². The lowest BCUT2D eigenvalue weighted by atomic mass is 9.90. The molecule has 23 nitrogen and oxygen atoms in total. The number of amides is 2. The molecular formula is C50H59N15O8. The number of benzene rings is 3. The summed E-state index contributed by atoms with van der Waals surface area (Å²) in [6.07, 6.45) is 8.19. The van der Waals surface area contributed by atoms with Crippen molar-refractivity contribution in [2.75, 3.05) is 74.0 Å². The Bertz CT molecular complexity index is 3120. The van der Waals surface area contributed by atoms with Crippen LogP contribution in [0.1, 0.15) is 73.7 Å². The largest absolute Gasteiger partial charge is 0.508 e. The molecule has 2 amide bonds. The average Bonchev–Trinajstić information content (AvgIpc) is 4.05. The van der Waals surface area contributed by atoms with Gasteiger partial charge < -0.3 is 50.4 Å². The summed E-state index contributed by atoms with van der Waals surface area (Å²) in [5.74, 6) is -0.421. The SMILES string of the molecule is CCCCc1cn([C@@H](CCCCN)C(=O)N2CCN(c3nc(Nc4ccc(-c5c6ccc(=O)cc-6oc6cc(O)ccc56)c(C(=O)O)c4)nc(N4CCN(C(=O)Cn5cc(CC(C)O)nn5)CC4)n3)CC2)nn1. The van der Waals surface area contributed by atoms with Gasteiger partial charge in [0.05, 0.1) is 23.1 Å². The third-order valence-electron chi connectivity index (χ3n) is 13.1. The highest BCUT2D eigenvalue weighted by Gasteiger charge is 2.32. The second kappa shape index (κ2) is 22.2. The number of aryl methyl sites for hydroxylation is 1. The maximum atomic E-state index is 14.3. The van der Waals surface area contributed by atoms with Crippen molar-refractivity contribution in [3.05, 3.63) is 94.2 Å². The van der Waals surface area contributed by atoms with Crippen LogP contribution in [0.25, 0.3) is 33.4 Å². The molecule has 3 aliphatic heterocycles. The number of piperazine rings is 2. The molecule has 0 saturated carbocycles. The average molecular weight is 998 g/mol. The van der Waals surface area contributed by atoms with Crippen molar-refractivity contribution in [1.82, 2.24) is 54.7 Å². The quantitative estimate of drug-likeness (QED) is 0.0570. The second-order valence-corrected chi connectivity index (χ2v) is 18.5. The maximum absolute atomic E-state index is 14.3. The number of aliphatic hydroxyl groups excluding tert-OH is 1. The number of nitrogens with zero attached hydrogens (tertiary/aromatic N) is 13. The van der Waals surface area contributed by atoms with Crippen LogP contribution in [-0.4, -0.2) is 153 Å². The van der Waals surface area contributed by atoms with Gasteiger partial charge in [0.1, 0.15) is 29.7 Å². The first kappa shape index (κ1) is 49.9. The van der Waals surface area contributed by atoms with E-state index in [-0.39, 0.29) is 52.4 Å². The van der Waals surface area contributed by atoms with Crippen LogP contribution in [-0.2, 0) is 29.0 Å². The van der Waals surface area contributed by atoms with Crippen molar-refractivity contribution in [2.24, 2.45) is 5.73 Å². The molecule has 0 bridgehead atoms. The molecule has 2 fully saturated rings. The van der Waals surface area contributed by atoms with Crippen LogP contribution in [0, 0.1) is 0 Å². The number of fused-ring (bicyclic) bond motifs is 2. The zero-order valence-electron chi connectivity index (χ0n) is 40.8. The zero-order chi connectivity index (χ0) is 51.2. The van der Waals surface area contributed by atoms with Gasteiger partial charge in [0, 0.05) is 106 Å². The molecule has 9 rings (SSSR count). The molecule has 0 radical (unpaired) electrons. The van der Waals surface area contributed by atoms with E-state index in [0.29, 0.717) is 117 Å². The van der Waals surface area contributed by atoms with Gasteiger partial charge in [-0.1, -0.05) is 29.8 Å². The lowest BCUT2D eigenvalue weighted by molar-refractivity contribution is -0.135. The van der Waals surface area contributed by atoms with Crippen LogP contribution in [0.2, 0.25) is 0 Å². The number of anilines is 4. The molecule has 2 aromatic carbocycles. The molecule has 2 saturated heterocycles. The lowest BCUT2D eigenvalue weighted by Gasteiger charge is -2.37. The molecule has 382 valence electrons. The number of carbonyl (C=O) groups excluding carboxylic acids is 2. The maximum Gasteiger partial charge on any atom is 0.336 e. The van der Waals surface area contributed by atoms with Crippen LogP contribution < -0.4 is 26.3 Å². The van der Waals surface area contributed by atoms with Gasteiger partial charge in [-0.15, -0.1) is 10.2 Å². The highest BCUT2D eigenvalue weighted by molar-refractivity contribution is 6.08. The fraction of sp³-hybridized carbons (Fsp3) is 0.420. The van der Waals surface area contributed by atoms with Crippen LogP contribution in [0.5, 0.6) is 5.75 Å². The molecule has 0 spiro atoms. The number of aromatic hydroxyl groups is 1. The number of nitrogens with two attached hydrogens (primary N) is 1. The Morgan fingerprint density at radius 3 is 2.22 bits per heavy atom. The van der Waals surface area contributed by atoms with E-state index in [2.05, 4.69) is 32.9 Å². The molecular weight excluding hydrogens is 939 g/mol. The van der Waals surface area contributed by atoms with Crippen LogP contribution in [0.3, 0.4) is 0 Å². The Balaban J connectivity index is 0.985. The van der Waals surface area contributed by atoms with Gasteiger partial charge in [-0.25, -0.2) is 14.2 Å². The third kappa shape index (κ3) is 11.5. The Hall–Kier alpha value is -8.05. The first-order valence-electron chi connectivity index (χ1n) is 24.7. The predicted molar refractivity (Wildman–Crippen MR) is 270 cm³/mol. The third-order valence-corrected chi connectivity index (χ3v) is 13.1. The molecule has 23 heteroatoms. The highest BCUT2D eigenvalue weighted by Crippen LogP contribution is 2.42. The predicted octanol–water partition coefficient (Wildman–Crippen LogP) is 3.71. The zero-order valence-corrected chi connectivity index (χ0v) is 40.8. The summed E-state index contributed by atoms with van der Waals surface area (Å²) in [6, 6.07) is 13.2. The Morgan fingerprint density at radius 2 is 1.52 bits per heavy atom. The number of nitrogens with one attached hydrogen (secondary N) is 1. The van der Waals surface area contributed by atoms with Gasteiger partial charge in [0.25, 0.3) is 0 Å². The van der Waals surface area contributed by atoms with Gasteiger partial charge >= 0.3 is 5.97 Å². The fourth-order valence-corrected chi connectivity index (χ4v) is 9.32. The summed E-state index contributed by atoms with van der Waals surface area (Å²) < 4.78 is 9.18. The molecule has 6 N–H and O–H groups in total. The van der Waals surface area contributed by atoms with Crippen molar-refractivity contribution in [2.45, 2.75) is 77.5 Å². The minimum Gasteiger partial charge on any atom is -0.508 e. The first-order chi connectivity index (χ1) is 35.3. The molecule has 1 aliphatic carbocycles. The van der Waals surface area contributed by atoms with E-state index in [9.17, 15) is 34.5 Å². The monoisotopic (exact) mass is 997 g/mol. The lowest BCUT2D eigenvalue weighted by Crippen LogP contribution is -2.51. The Kier molecular flexibility index (Phi) is 15.1. The summed E-state index contributed by atoms with van der Waals surface area (Å²) in [4.78, 5) is 75.4. The minimum absolute atomic E-state index is 0.00756. The standard InChI is InChI=1S/C50H59N15O8/c1-3-4-7-33-29-65(59-56-33)41(8-5-6-15-51)46(70)61-18-22-63(23-19-61)50-54-48(53-49(55-50)62-20-16-60(17-21-62)44(69)30-64-28-34(57-58-64)24-31(2)66)52-32-9-12-37(40(25-32)47(71)72)45-38-13-10-35(67)26-42(38)73-43-27-36(68)11-14-39(43)45/h9-14,25-29,31,41,66-67H,3-8,15-24,30,51H2,1-2H3,(H,71,72)(H,52,53,54,55)/t31?,41-/m0/s1. The van der Waals surface area contributed by atoms with E-state index in [4.69, 9.17) is 25.1 Å². The van der Waals surface area contributed by atoms with E-state index >= 15 is 0 Å². The summed E-state index contributed by atoms with van der Waals surface area (Å²) >= 11 is 0. The van der Waals surface area contributed by atoms with Crippen molar-refractivity contribution in [1.29, 1.82) is 0 Å². The van der Waals surface area contributed by atoms with Crippen LogP contribution >= 0.6 is 0 Å². The van der Waals surface area contributed by atoms with Gasteiger partial charge in [0.2, 0.25) is 29.7 Å². The smallest absolute Gasteiger partial charge is 0.336 e. The summed E-state index contributed by atoms with van der Waals surface area (Å²) in [5, 5.41) is 51.4. The van der Waals surface area contributed by atoms with Crippen molar-refractivity contribution in [3.8, 4) is 28.2 Å². The first-order valence-corrected chi connectivity index (χ1v) is 24.7. The summed E-state index contributed by atoms with van der Waals surface area (Å²) in [5.41, 5.74) is 8.89. The van der Waals surface area contributed by atoms with Crippen LogP contribution in [0.15, 0.2) is 76.2 Å². The van der Waals surface area contributed by atoms with E-state index in [1.54, 1.807) is 47.0 Å². The number of unbranched alkanes of at least 4 members (excludes halogenated alkanes) is 2. The van der Waals surface area contributed by atoms with Crippen molar-refractivity contribution >= 4 is 52.3 Å². The summed E-state index contributed by atoms with van der Waals surface area (Å²) in [7, 11) is 0. The van der Waals surface area contributed by atoms with Gasteiger partial charge in [-0.3, -0.25) is 14.4 Å².